The summed E-state index contributed by atoms with van der Waals surface area (Å²) in [7, 11) is 2.78. The molecule has 1 aliphatic heterocycles. The van der Waals surface area contributed by atoms with E-state index in [-0.39, 0.29) is 11.7 Å². The van der Waals surface area contributed by atoms with E-state index < -0.39 is 12.1 Å². The van der Waals surface area contributed by atoms with Gasteiger partial charge >= 0.3 is 6.09 Å². The zero-order valence-electron chi connectivity index (χ0n) is 14.8. The van der Waals surface area contributed by atoms with Gasteiger partial charge in [-0.25, -0.2) is 9.18 Å². The first kappa shape index (κ1) is 19.1. The molecule has 2 amide bonds. The van der Waals surface area contributed by atoms with Gasteiger partial charge in [-0.05, 0) is 25.1 Å². The van der Waals surface area contributed by atoms with E-state index in [9.17, 15) is 14.0 Å². The molecule has 25 heavy (non-hydrogen) atoms. The topological polar surface area (TPSA) is 71.1 Å². The number of nitrogens with zero attached hydrogens (tertiary/aromatic N) is 2. The summed E-state index contributed by atoms with van der Waals surface area (Å²) in [5, 5.41) is 2.19. The predicted molar refractivity (Wildman–Crippen MR) is 89.8 cm³/mol. The van der Waals surface area contributed by atoms with Crippen LogP contribution in [0.3, 0.4) is 0 Å². The third kappa shape index (κ3) is 5.14. The largest absolute Gasteiger partial charge is 0.496 e. The number of carbonyl (C=O) groups is 2. The number of piperazine rings is 1. The number of benzene rings is 1. The molecular weight excluding hydrogens is 329 g/mol. The van der Waals surface area contributed by atoms with Crippen molar-refractivity contribution in [3.05, 3.63) is 29.6 Å². The van der Waals surface area contributed by atoms with E-state index in [0.717, 1.165) is 18.7 Å². The van der Waals surface area contributed by atoms with Crippen LogP contribution in [0.15, 0.2) is 18.2 Å². The standard InChI is InChI=1S/C17H24FN3O4/c1-12(16(22)19-17(23)25-3)21-8-6-20(7-9-21)11-13-10-14(18)4-5-15(13)24-2/h4-5,10,12H,6-9,11H2,1-3H3,(H,19,22,23)/t12-/m0/s1. The normalized spacial score (nSPS) is 17.0. The minimum atomic E-state index is -0.756. The molecule has 0 aliphatic carbocycles. The zero-order valence-corrected chi connectivity index (χ0v) is 14.8. The Hall–Kier alpha value is -2.19. The summed E-state index contributed by atoms with van der Waals surface area (Å²) < 4.78 is 23.2. The maximum absolute atomic E-state index is 13.5. The lowest BCUT2D eigenvalue weighted by Crippen LogP contribution is -2.54. The highest BCUT2D eigenvalue weighted by Crippen LogP contribution is 2.22. The SMILES string of the molecule is COC(=O)NC(=O)[C@H](C)N1CCN(Cc2cc(F)ccc2OC)CC1. The first-order valence-electron chi connectivity index (χ1n) is 8.12. The number of rotatable bonds is 5. The van der Waals surface area contributed by atoms with Crippen molar-refractivity contribution in [2.45, 2.75) is 19.5 Å². The van der Waals surface area contributed by atoms with E-state index in [1.54, 1.807) is 20.1 Å². The van der Waals surface area contributed by atoms with Gasteiger partial charge in [0.05, 0.1) is 20.3 Å². The van der Waals surface area contributed by atoms with Crippen LogP contribution in [0.25, 0.3) is 0 Å². The highest BCUT2D eigenvalue weighted by atomic mass is 19.1. The van der Waals surface area contributed by atoms with Crippen LogP contribution in [0.1, 0.15) is 12.5 Å². The van der Waals surface area contributed by atoms with Crippen molar-refractivity contribution in [3.8, 4) is 5.75 Å². The molecule has 0 bridgehead atoms. The fourth-order valence-corrected chi connectivity index (χ4v) is 2.84. The van der Waals surface area contributed by atoms with Gasteiger partial charge in [0.1, 0.15) is 11.6 Å². The van der Waals surface area contributed by atoms with Crippen molar-refractivity contribution < 1.29 is 23.5 Å². The molecular formula is C17H24FN3O4. The number of alkyl carbamates (subject to hydrolysis) is 1. The molecule has 1 aromatic carbocycles. The monoisotopic (exact) mass is 353 g/mol. The van der Waals surface area contributed by atoms with Gasteiger partial charge in [-0.3, -0.25) is 19.9 Å². The van der Waals surface area contributed by atoms with Crippen molar-refractivity contribution in [2.24, 2.45) is 0 Å². The van der Waals surface area contributed by atoms with Crippen molar-refractivity contribution >= 4 is 12.0 Å². The second-order valence-electron chi connectivity index (χ2n) is 5.93. The van der Waals surface area contributed by atoms with Crippen molar-refractivity contribution in [1.82, 2.24) is 15.1 Å². The molecule has 1 fully saturated rings. The number of hydrogen-bond acceptors (Lipinski definition) is 6. The Morgan fingerprint density at radius 3 is 2.52 bits per heavy atom. The van der Waals surface area contributed by atoms with Crippen LogP contribution < -0.4 is 10.1 Å². The van der Waals surface area contributed by atoms with E-state index in [4.69, 9.17) is 4.74 Å². The molecule has 0 aromatic heterocycles. The number of imide groups is 1. The second-order valence-corrected chi connectivity index (χ2v) is 5.93. The third-order valence-corrected chi connectivity index (χ3v) is 4.38. The van der Waals surface area contributed by atoms with E-state index in [2.05, 4.69) is 15.0 Å². The number of methoxy groups -OCH3 is 2. The maximum Gasteiger partial charge on any atom is 0.413 e. The Morgan fingerprint density at radius 2 is 1.92 bits per heavy atom. The molecule has 1 saturated heterocycles. The Balaban J connectivity index is 1.88. The summed E-state index contributed by atoms with van der Waals surface area (Å²) in [4.78, 5) is 27.3. The minimum absolute atomic E-state index is 0.289. The molecule has 7 nitrogen and oxygen atoms in total. The number of hydrogen-bond donors (Lipinski definition) is 1. The number of nitrogens with one attached hydrogen (secondary N) is 1. The highest BCUT2D eigenvalue weighted by Gasteiger charge is 2.27. The van der Waals surface area contributed by atoms with Crippen LogP contribution in [0.5, 0.6) is 5.75 Å². The molecule has 1 aliphatic rings. The summed E-state index contributed by atoms with van der Waals surface area (Å²) in [6.07, 6.45) is -0.756. The zero-order chi connectivity index (χ0) is 18.4. The number of ether oxygens (including phenoxy) is 2. The number of halogens is 1. The smallest absolute Gasteiger partial charge is 0.413 e. The highest BCUT2D eigenvalue weighted by molar-refractivity contribution is 5.94. The quantitative estimate of drug-likeness (QED) is 0.858. The summed E-state index contributed by atoms with van der Waals surface area (Å²) >= 11 is 0. The molecule has 0 spiro atoms. The first-order valence-corrected chi connectivity index (χ1v) is 8.12. The van der Waals surface area contributed by atoms with E-state index in [0.29, 0.717) is 25.4 Å². The summed E-state index contributed by atoms with van der Waals surface area (Å²) in [5.74, 6) is -0.00991. The van der Waals surface area contributed by atoms with Gasteiger partial charge in [-0.2, -0.15) is 0 Å². The lowest BCUT2D eigenvalue weighted by molar-refractivity contribution is -0.125. The molecule has 8 heteroatoms. The van der Waals surface area contributed by atoms with Crippen molar-refractivity contribution in [1.29, 1.82) is 0 Å². The third-order valence-electron chi connectivity index (χ3n) is 4.38. The van der Waals surface area contributed by atoms with Crippen LogP contribution >= 0.6 is 0 Å². The van der Waals surface area contributed by atoms with Crippen LogP contribution in [0, 0.1) is 5.82 Å². The van der Waals surface area contributed by atoms with Crippen LogP contribution in [-0.4, -0.2) is 68.2 Å². The van der Waals surface area contributed by atoms with E-state index >= 15 is 0 Å². The lowest BCUT2D eigenvalue weighted by atomic mass is 10.1. The first-order chi connectivity index (χ1) is 11.9. The average Bonchev–Trinajstić information content (AvgIpc) is 2.61. The molecule has 1 atom stereocenters. The minimum Gasteiger partial charge on any atom is -0.496 e. The van der Waals surface area contributed by atoms with E-state index in [1.165, 1.54) is 19.2 Å². The van der Waals surface area contributed by atoms with E-state index in [1.807, 2.05) is 4.90 Å². The maximum atomic E-state index is 13.5. The Kier molecular flexibility index (Phi) is 6.72. The molecule has 0 radical (unpaired) electrons. The van der Waals surface area contributed by atoms with Crippen LogP contribution in [0.2, 0.25) is 0 Å². The molecule has 138 valence electrons. The summed E-state index contributed by atoms with van der Waals surface area (Å²) in [6.45, 7) is 5.15. The molecule has 0 unspecified atom stereocenters. The summed E-state index contributed by atoms with van der Waals surface area (Å²) in [5.41, 5.74) is 0.799. The fraction of sp³-hybridized carbons (Fsp3) is 0.529. The Labute approximate surface area is 146 Å². The fourth-order valence-electron chi connectivity index (χ4n) is 2.84. The Bertz CT molecular complexity index is 618. The molecule has 1 aromatic rings. The molecule has 0 saturated carbocycles. The van der Waals surface area contributed by atoms with Crippen molar-refractivity contribution in [2.75, 3.05) is 40.4 Å². The van der Waals surface area contributed by atoms with Gasteiger partial charge in [0.2, 0.25) is 5.91 Å². The van der Waals surface area contributed by atoms with Gasteiger partial charge in [0.25, 0.3) is 0 Å². The summed E-state index contributed by atoms with van der Waals surface area (Å²) in [6, 6.07) is 4.06. The van der Waals surface area contributed by atoms with Crippen molar-refractivity contribution in [3.63, 3.8) is 0 Å². The van der Waals surface area contributed by atoms with Gasteiger partial charge in [-0.15, -0.1) is 0 Å². The van der Waals surface area contributed by atoms with Gasteiger partial charge in [0, 0.05) is 38.3 Å². The van der Waals surface area contributed by atoms with Gasteiger partial charge < -0.3 is 9.47 Å². The molecule has 1 N–H and O–H groups in total. The Morgan fingerprint density at radius 1 is 1.24 bits per heavy atom. The lowest BCUT2D eigenvalue weighted by Gasteiger charge is -2.37. The predicted octanol–water partition coefficient (Wildman–Crippen LogP) is 1.22. The second kappa shape index (κ2) is 8.77. The average molecular weight is 353 g/mol. The van der Waals surface area contributed by atoms with Gasteiger partial charge in [-0.1, -0.05) is 0 Å². The molecule has 1 heterocycles. The van der Waals surface area contributed by atoms with Crippen LogP contribution in [0.4, 0.5) is 9.18 Å². The number of carbonyl (C=O) groups excluding carboxylic acids is 2. The van der Waals surface area contributed by atoms with Gasteiger partial charge in [0.15, 0.2) is 0 Å². The number of amides is 2. The molecule has 2 rings (SSSR count). The van der Waals surface area contributed by atoms with Crippen LogP contribution in [-0.2, 0) is 16.1 Å².